The van der Waals surface area contributed by atoms with Crippen molar-refractivity contribution in [1.82, 2.24) is 0 Å². The summed E-state index contributed by atoms with van der Waals surface area (Å²) < 4.78 is 4.30. The van der Waals surface area contributed by atoms with Crippen LogP contribution in [-0.2, 0) is 19.1 Å². The fourth-order valence-electron chi connectivity index (χ4n) is 3.62. The van der Waals surface area contributed by atoms with Gasteiger partial charge in [-0.1, -0.05) is 62.3 Å². The van der Waals surface area contributed by atoms with Gasteiger partial charge < -0.3 is 4.74 Å². The third-order valence-corrected chi connectivity index (χ3v) is 5.34. The van der Waals surface area contributed by atoms with Crippen molar-refractivity contribution in [3.05, 3.63) is 58.7 Å². The van der Waals surface area contributed by atoms with Crippen LogP contribution in [0.5, 0.6) is 0 Å². The SMILES string of the molecule is CCC(C(=O)/C=C(\C)C=CC=C(C)C=CC1=C(C)CCCC1(C)C)C(=O)OC=O. The molecule has 4 nitrogen and oxygen atoms in total. The first-order valence-corrected chi connectivity index (χ1v) is 10.2. The van der Waals surface area contributed by atoms with Gasteiger partial charge in [-0.15, -0.1) is 0 Å². The molecule has 1 unspecified atom stereocenters. The van der Waals surface area contributed by atoms with E-state index in [0.29, 0.717) is 0 Å². The molecule has 0 heterocycles. The highest BCUT2D eigenvalue weighted by atomic mass is 16.6. The minimum atomic E-state index is -0.945. The van der Waals surface area contributed by atoms with Crippen LogP contribution in [0.1, 0.15) is 67.2 Å². The Labute approximate surface area is 175 Å². The molecule has 1 aliphatic carbocycles. The fourth-order valence-corrected chi connectivity index (χ4v) is 3.62. The number of hydrogen-bond donors (Lipinski definition) is 0. The number of ether oxygens (including phenoxy) is 1. The van der Waals surface area contributed by atoms with Crippen LogP contribution in [0.4, 0.5) is 0 Å². The molecule has 0 saturated heterocycles. The van der Waals surface area contributed by atoms with Gasteiger partial charge >= 0.3 is 12.4 Å². The van der Waals surface area contributed by atoms with Gasteiger partial charge in [-0.25, -0.2) is 0 Å². The van der Waals surface area contributed by atoms with E-state index >= 15 is 0 Å². The van der Waals surface area contributed by atoms with E-state index in [-0.39, 0.29) is 24.1 Å². The lowest BCUT2D eigenvalue weighted by Crippen LogP contribution is -2.24. The molecule has 0 aromatic carbocycles. The molecule has 1 rings (SSSR count). The Morgan fingerprint density at radius 2 is 1.86 bits per heavy atom. The smallest absolute Gasteiger partial charge is 0.324 e. The number of carbonyl (C=O) groups is 3. The number of hydrogen-bond acceptors (Lipinski definition) is 4. The highest BCUT2D eigenvalue weighted by Crippen LogP contribution is 2.40. The molecule has 29 heavy (non-hydrogen) atoms. The number of carbonyl (C=O) groups excluding carboxylic acids is 3. The predicted octanol–water partition coefficient (Wildman–Crippen LogP) is 5.81. The summed E-state index contributed by atoms with van der Waals surface area (Å²) in [7, 11) is 0. The van der Waals surface area contributed by atoms with E-state index in [1.54, 1.807) is 13.8 Å². The van der Waals surface area contributed by atoms with Crippen molar-refractivity contribution >= 4 is 18.2 Å². The summed E-state index contributed by atoms with van der Waals surface area (Å²) in [6, 6.07) is 0. The lowest BCUT2D eigenvalue weighted by molar-refractivity contribution is -0.156. The van der Waals surface area contributed by atoms with Crippen LogP contribution in [0.25, 0.3) is 0 Å². The largest absolute Gasteiger partial charge is 0.395 e. The van der Waals surface area contributed by atoms with E-state index in [1.165, 1.54) is 36.5 Å². The molecule has 1 aliphatic rings. The van der Waals surface area contributed by atoms with Gasteiger partial charge in [0, 0.05) is 0 Å². The molecular formula is C25H34O4. The van der Waals surface area contributed by atoms with E-state index in [9.17, 15) is 14.4 Å². The zero-order valence-electron chi connectivity index (χ0n) is 18.6. The molecule has 0 aromatic heterocycles. The van der Waals surface area contributed by atoms with Crippen LogP contribution >= 0.6 is 0 Å². The molecule has 0 aromatic rings. The van der Waals surface area contributed by atoms with Gasteiger partial charge in [0.1, 0.15) is 5.92 Å². The molecule has 158 valence electrons. The van der Waals surface area contributed by atoms with E-state index in [1.807, 2.05) is 25.2 Å². The second-order valence-corrected chi connectivity index (χ2v) is 8.32. The molecule has 0 N–H and O–H groups in total. The maximum absolute atomic E-state index is 12.2. The molecule has 0 radical (unpaired) electrons. The molecule has 4 heteroatoms. The average Bonchev–Trinajstić information content (AvgIpc) is 2.61. The lowest BCUT2D eigenvalue weighted by atomic mass is 9.72. The zero-order chi connectivity index (χ0) is 22.0. The van der Waals surface area contributed by atoms with E-state index < -0.39 is 11.9 Å². The Kier molecular flexibility index (Phi) is 9.73. The topological polar surface area (TPSA) is 60.4 Å². The summed E-state index contributed by atoms with van der Waals surface area (Å²) in [5.41, 5.74) is 4.96. The molecule has 0 bridgehead atoms. The minimum Gasteiger partial charge on any atom is -0.395 e. The first kappa shape index (κ1) is 24.5. The second-order valence-electron chi connectivity index (χ2n) is 8.32. The molecule has 0 saturated carbocycles. The van der Waals surface area contributed by atoms with Crippen molar-refractivity contribution in [1.29, 1.82) is 0 Å². The van der Waals surface area contributed by atoms with Gasteiger partial charge in [-0.2, -0.15) is 0 Å². The highest BCUT2D eigenvalue weighted by molar-refractivity contribution is 6.06. The number of ketones is 1. The summed E-state index contributed by atoms with van der Waals surface area (Å²) in [5, 5.41) is 0. The van der Waals surface area contributed by atoms with Crippen LogP contribution in [0.2, 0.25) is 0 Å². The molecule has 0 aliphatic heterocycles. The first-order chi connectivity index (χ1) is 13.6. The maximum atomic E-state index is 12.2. The summed E-state index contributed by atoms with van der Waals surface area (Å²) in [5.74, 6) is -2.11. The monoisotopic (exact) mass is 398 g/mol. The van der Waals surface area contributed by atoms with Gasteiger partial charge in [0.15, 0.2) is 5.78 Å². The molecule has 0 amide bonds. The van der Waals surface area contributed by atoms with Crippen molar-refractivity contribution in [2.24, 2.45) is 11.3 Å². The van der Waals surface area contributed by atoms with Gasteiger partial charge in [0.25, 0.3) is 0 Å². The summed E-state index contributed by atoms with van der Waals surface area (Å²) in [6.07, 6.45) is 15.4. The quantitative estimate of drug-likeness (QED) is 0.162. The number of rotatable bonds is 9. The average molecular weight is 399 g/mol. The Morgan fingerprint density at radius 3 is 2.45 bits per heavy atom. The minimum absolute atomic E-state index is 0.0574. The van der Waals surface area contributed by atoms with Gasteiger partial charge in [0.2, 0.25) is 0 Å². The third-order valence-electron chi connectivity index (χ3n) is 5.34. The molecule has 1 atom stereocenters. The lowest BCUT2D eigenvalue weighted by Gasteiger charge is -2.32. The molecular weight excluding hydrogens is 364 g/mol. The Bertz CT molecular complexity index is 773. The van der Waals surface area contributed by atoms with Gasteiger partial charge in [-0.05, 0) is 69.1 Å². The normalized spacial score (nSPS) is 19.0. The summed E-state index contributed by atoms with van der Waals surface area (Å²) in [4.78, 5) is 34.1. The van der Waals surface area contributed by atoms with Crippen molar-refractivity contribution in [3.8, 4) is 0 Å². The van der Waals surface area contributed by atoms with Crippen LogP contribution < -0.4 is 0 Å². The molecule has 0 spiro atoms. The van der Waals surface area contributed by atoms with E-state index in [2.05, 4.69) is 37.7 Å². The van der Waals surface area contributed by atoms with Crippen LogP contribution in [0.3, 0.4) is 0 Å². The summed E-state index contributed by atoms with van der Waals surface area (Å²) >= 11 is 0. The predicted molar refractivity (Wildman–Crippen MR) is 117 cm³/mol. The fraction of sp³-hybridized carbons (Fsp3) is 0.480. The van der Waals surface area contributed by atoms with E-state index in [4.69, 9.17) is 0 Å². The van der Waals surface area contributed by atoms with Crippen molar-refractivity contribution in [3.63, 3.8) is 0 Å². The van der Waals surface area contributed by atoms with E-state index in [0.717, 1.165) is 11.1 Å². The highest BCUT2D eigenvalue weighted by Gasteiger charge is 2.26. The van der Waals surface area contributed by atoms with Crippen LogP contribution in [0, 0.1) is 11.3 Å². The number of esters is 1. The Hall–Kier alpha value is -2.49. The Balaban J connectivity index is 2.80. The van der Waals surface area contributed by atoms with Crippen molar-refractivity contribution < 1.29 is 19.1 Å². The standard InChI is InChI=1S/C25H34O4/c1-7-21(24(28)29-17-26)23(27)16-19(3)11-8-10-18(2)13-14-22-20(4)12-9-15-25(22,5)6/h8,10-11,13-14,16-17,21H,7,9,12,15H2,1-6H3/b11-8?,14-13?,18-10?,19-16+. The maximum Gasteiger partial charge on any atom is 0.324 e. The number of allylic oxidation sites excluding steroid dienone is 10. The Morgan fingerprint density at radius 1 is 1.17 bits per heavy atom. The third kappa shape index (κ3) is 7.80. The van der Waals surface area contributed by atoms with Crippen LogP contribution in [-0.4, -0.2) is 18.2 Å². The van der Waals surface area contributed by atoms with Gasteiger partial charge in [-0.3, -0.25) is 14.4 Å². The second kappa shape index (κ2) is 11.5. The van der Waals surface area contributed by atoms with Crippen molar-refractivity contribution in [2.45, 2.75) is 67.2 Å². The molecule has 0 fully saturated rings. The summed E-state index contributed by atoms with van der Waals surface area (Å²) in [6.45, 7) is 12.4. The zero-order valence-corrected chi connectivity index (χ0v) is 18.6. The van der Waals surface area contributed by atoms with Crippen molar-refractivity contribution in [2.75, 3.05) is 0 Å². The first-order valence-electron chi connectivity index (χ1n) is 10.2. The van der Waals surface area contributed by atoms with Crippen LogP contribution in [0.15, 0.2) is 58.7 Å². The van der Waals surface area contributed by atoms with Gasteiger partial charge in [0.05, 0.1) is 0 Å².